The number of ether oxygens (including phenoxy) is 1. The van der Waals surface area contributed by atoms with Crippen LogP contribution < -0.4 is 10.5 Å². The zero-order valence-corrected chi connectivity index (χ0v) is 12.4. The highest BCUT2D eigenvalue weighted by atomic mass is 32.2. The Morgan fingerprint density at radius 3 is 2.42 bits per heavy atom. The van der Waals surface area contributed by atoms with Crippen LogP contribution in [0.3, 0.4) is 0 Å². The van der Waals surface area contributed by atoms with Crippen LogP contribution in [0, 0.1) is 5.92 Å². The number of nitrogens with zero attached hydrogens (tertiary/aromatic N) is 1. The van der Waals surface area contributed by atoms with Crippen LogP contribution in [0.2, 0.25) is 0 Å². The standard InChI is InChI=1S/C12H25N3O3S/c1-11-2-6-15(7-3-11)19(16,17)14-12(10-13)4-8-18-9-5-12/h11,14H,2-10,13H2,1H3. The van der Waals surface area contributed by atoms with Gasteiger partial charge in [-0.05, 0) is 31.6 Å². The molecule has 6 nitrogen and oxygen atoms in total. The molecule has 3 N–H and O–H groups in total. The third kappa shape index (κ3) is 3.66. The first kappa shape index (κ1) is 15.2. The molecule has 2 aliphatic rings. The fraction of sp³-hybridized carbons (Fsp3) is 1.00. The van der Waals surface area contributed by atoms with Crippen molar-refractivity contribution in [3.05, 3.63) is 0 Å². The van der Waals surface area contributed by atoms with Crippen molar-refractivity contribution in [3.8, 4) is 0 Å². The van der Waals surface area contributed by atoms with E-state index >= 15 is 0 Å². The summed E-state index contributed by atoms with van der Waals surface area (Å²) in [6, 6.07) is 0. The van der Waals surface area contributed by atoms with Gasteiger partial charge in [0.25, 0.3) is 10.2 Å². The zero-order chi connectivity index (χ0) is 13.9. The molecule has 2 aliphatic heterocycles. The molecule has 2 fully saturated rings. The van der Waals surface area contributed by atoms with Crippen molar-refractivity contribution in [3.63, 3.8) is 0 Å². The number of piperidine rings is 1. The van der Waals surface area contributed by atoms with Gasteiger partial charge in [0.15, 0.2) is 0 Å². The second kappa shape index (κ2) is 6.05. The van der Waals surface area contributed by atoms with Crippen LogP contribution in [0.15, 0.2) is 0 Å². The van der Waals surface area contributed by atoms with Crippen LogP contribution in [0.25, 0.3) is 0 Å². The predicted octanol–water partition coefficient (Wildman–Crippen LogP) is 0.0606. The topological polar surface area (TPSA) is 84.7 Å². The van der Waals surface area contributed by atoms with E-state index < -0.39 is 15.7 Å². The molecule has 0 unspecified atom stereocenters. The second-order valence-electron chi connectivity index (χ2n) is 5.79. The molecule has 2 rings (SSSR count). The summed E-state index contributed by atoms with van der Waals surface area (Å²) in [7, 11) is -3.43. The lowest BCUT2D eigenvalue weighted by Crippen LogP contribution is -2.60. The van der Waals surface area contributed by atoms with Crippen LogP contribution in [0.1, 0.15) is 32.6 Å². The zero-order valence-electron chi connectivity index (χ0n) is 11.6. The lowest BCUT2D eigenvalue weighted by atomic mass is 9.92. The van der Waals surface area contributed by atoms with E-state index in [0.717, 1.165) is 12.8 Å². The molecule has 112 valence electrons. The number of nitrogens with two attached hydrogens (primary N) is 1. The molecule has 0 aromatic carbocycles. The summed E-state index contributed by atoms with van der Waals surface area (Å²) in [5.74, 6) is 0.609. The Labute approximate surface area is 115 Å². The first-order chi connectivity index (χ1) is 8.97. The molecule has 2 saturated heterocycles. The number of nitrogens with one attached hydrogen (secondary N) is 1. The molecule has 0 aromatic heterocycles. The van der Waals surface area contributed by atoms with E-state index in [0.29, 0.717) is 51.6 Å². The maximum absolute atomic E-state index is 12.4. The van der Waals surface area contributed by atoms with E-state index in [1.165, 1.54) is 0 Å². The Kier molecular flexibility index (Phi) is 4.84. The number of hydrogen-bond acceptors (Lipinski definition) is 4. The van der Waals surface area contributed by atoms with Gasteiger partial charge in [-0.15, -0.1) is 0 Å². The minimum Gasteiger partial charge on any atom is -0.381 e. The Balaban J connectivity index is 2.03. The van der Waals surface area contributed by atoms with Crippen molar-refractivity contribution in [2.45, 2.75) is 38.1 Å². The van der Waals surface area contributed by atoms with Gasteiger partial charge in [-0.25, -0.2) is 0 Å². The van der Waals surface area contributed by atoms with Crippen molar-refractivity contribution in [1.29, 1.82) is 0 Å². The normalized spacial score (nSPS) is 26.4. The molecule has 0 spiro atoms. The largest absolute Gasteiger partial charge is 0.381 e. The summed E-state index contributed by atoms with van der Waals surface area (Å²) < 4.78 is 34.6. The van der Waals surface area contributed by atoms with Gasteiger partial charge in [0.05, 0.1) is 5.54 Å². The SMILES string of the molecule is CC1CCN(S(=O)(=O)NC2(CN)CCOCC2)CC1. The summed E-state index contributed by atoms with van der Waals surface area (Å²) in [6.07, 6.45) is 3.15. The Bertz CT molecular complexity index is 385. The molecule has 0 atom stereocenters. The van der Waals surface area contributed by atoms with E-state index in [4.69, 9.17) is 10.5 Å². The van der Waals surface area contributed by atoms with Gasteiger partial charge >= 0.3 is 0 Å². The van der Waals surface area contributed by atoms with Gasteiger partial charge in [-0.3, -0.25) is 0 Å². The van der Waals surface area contributed by atoms with Crippen molar-refractivity contribution in [2.24, 2.45) is 11.7 Å². The second-order valence-corrected chi connectivity index (χ2v) is 7.46. The molecule has 7 heteroatoms. The third-order valence-electron chi connectivity index (χ3n) is 4.27. The van der Waals surface area contributed by atoms with E-state index in [1.54, 1.807) is 4.31 Å². The highest BCUT2D eigenvalue weighted by Gasteiger charge is 2.38. The average molecular weight is 291 g/mol. The van der Waals surface area contributed by atoms with E-state index in [2.05, 4.69) is 11.6 Å². The van der Waals surface area contributed by atoms with Crippen LogP contribution in [0.5, 0.6) is 0 Å². The smallest absolute Gasteiger partial charge is 0.280 e. The molecular weight excluding hydrogens is 266 g/mol. The number of rotatable bonds is 4. The fourth-order valence-electron chi connectivity index (χ4n) is 2.67. The lowest BCUT2D eigenvalue weighted by molar-refractivity contribution is 0.0494. The number of hydrogen-bond donors (Lipinski definition) is 2. The van der Waals surface area contributed by atoms with Crippen LogP contribution in [0.4, 0.5) is 0 Å². The first-order valence-corrected chi connectivity index (χ1v) is 8.48. The maximum atomic E-state index is 12.4. The third-order valence-corrected chi connectivity index (χ3v) is 6.00. The first-order valence-electron chi connectivity index (χ1n) is 7.04. The summed E-state index contributed by atoms with van der Waals surface area (Å²) in [4.78, 5) is 0. The van der Waals surface area contributed by atoms with E-state index in [-0.39, 0.29) is 0 Å². The van der Waals surface area contributed by atoms with Crippen LogP contribution in [-0.2, 0) is 14.9 Å². The van der Waals surface area contributed by atoms with Gasteiger partial charge in [0, 0.05) is 32.8 Å². The summed E-state index contributed by atoms with van der Waals surface area (Å²) in [5, 5.41) is 0. The molecule has 0 saturated carbocycles. The molecule has 2 heterocycles. The molecule has 0 radical (unpaired) electrons. The summed E-state index contributed by atoms with van der Waals surface area (Å²) >= 11 is 0. The molecule has 0 amide bonds. The molecule has 0 aromatic rings. The quantitative estimate of drug-likeness (QED) is 0.767. The Hall–Kier alpha value is -0.210. The minimum atomic E-state index is -3.43. The predicted molar refractivity (Wildman–Crippen MR) is 73.9 cm³/mol. The minimum absolute atomic E-state index is 0.319. The summed E-state index contributed by atoms with van der Waals surface area (Å²) in [6.45, 7) is 4.83. The summed E-state index contributed by atoms with van der Waals surface area (Å²) in [5.41, 5.74) is 5.27. The van der Waals surface area contributed by atoms with Crippen LogP contribution in [-0.4, -0.2) is 51.1 Å². The van der Waals surface area contributed by atoms with E-state index in [1.807, 2.05) is 0 Å². The van der Waals surface area contributed by atoms with Gasteiger partial charge in [-0.1, -0.05) is 6.92 Å². The van der Waals surface area contributed by atoms with Gasteiger partial charge in [0.1, 0.15) is 0 Å². The van der Waals surface area contributed by atoms with Gasteiger partial charge in [0.2, 0.25) is 0 Å². The fourth-order valence-corrected chi connectivity index (χ4v) is 4.33. The van der Waals surface area contributed by atoms with Crippen molar-refractivity contribution < 1.29 is 13.2 Å². The molecular formula is C12H25N3O3S. The Morgan fingerprint density at radius 1 is 1.32 bits per heavy atom. The highest BCUT2D eigenvalue weighted by Crippen LogP contribution is 2.23. The maximum Gasteiger partial charge on any atom is 0.280 e. The van der Waals surface area contributed by atoms with Crippen molar-refractivity contribution >= 4 is 10.2 Å². The van der Waals surface area contributed by atoms with Crippen molar-refractivity contribution in [1.82, 2.24) is 9.03 Å². The Morgan fingerprint density at radius 2 is 1.89 bits per heavy atom. The molecule has 0 aliphatic carbocycles. The molecule has 0 bridgehead atoms. The van der Waals surface area contributed by atoms with E-state index in [9.17, 15) is 8.42 Å². The molecule has 19 heavy (non-hydrogen) atoms. The lowest BCUT2D eigenvalue weighted by Gasteiger charge is -2.39. The van der Waals surface area contributed by atoms with Crippen LogP contribution >= 0.6 is 0 Å². The monoisotopic (exact) mass is 291 g/mol. The average Bonchev–Trinajstić information content (AvgIpc) is 2.40. The van der Waals surface area contributed by atoms with Gasteiger partial charge in [-0.2, -0.15) is 17.4 Å². The van der Waals surface area contributed by atoms with Gasteiger partial charge < -0.3 is 10.5 Å². The van der Waals surface area contributed by atoms with Crippen molar-refractivity contribution in [2.75, 3.05) is 32.8 Å². The highest BCUT2D eigenvalue weighted by molar-refractivity contribution is 7.87.